The summed E-state index contributed by atoms with van der Waals surface area (Å²) < 4.78 is 5.52. The first-order valence-electron chi connectivity index (χ1n) is 8.98. The first kappa shape index (κ1) is 18.4. The number of anilines is 1. The maximum absolute atomic E-state index is 12.7. The molecule has 4 N–H and O–H groups in total. The monoisotopic (exact) mass is 391 g/mol. The van der Waals surface area contributed by atoms with E-state index in [1.54, 1.807) is 36.4 Å². The number of carbonyl (C=O) groups is 4. The highest BCUT2D eigenvalue weighted by Crippen LogP contribution is 2.33. The molecule has 8 heteroatoms. The zero-order chi connectivity index (χ0) is 20.5. The molecule has 1 saturated heterocycles. The van der Waals surface area contributed by atoms with Crippen molar-refractivity contribution >= 4 is 40.3 Å². The molecule has 4 amide bonds. The summed E-state index contributed by atoms with van der Waals surface area (Å²) in [6, 6.07) is 11.2. The minimum atomic E-state index is -0.588. The number of nitrogens with two attached hydrogens (primary N) is 1. The van der Waals surface area contributed by atoms with E-state index in [1.807, 2.05) is 0 Å². The molecule has 1 fully saturated rings. The molecule has 29 heavy (non-hydrogen) atoms. The Kier molecular flexibility index (Phi) is 4.59. The van der Waals surface area contributed by atoms with Crippen LogP contribution in [-0.4, -0.2) is 23.6 Å². The first-order chi connectivity index (χ1) is 13.9. The van der Waals surface area contributed by atoms with Crippen LogP contribution in [0.4, 0.5) is 5.69 Å². The Bertz CT molecular complexity index is 1160. The number of hydrogen-bond donors (Lipinski definition) is 3. The number of amides is 4. The van der Waals surface area contributed by atoms with E-state index in [4.69, 9.17) is 10.2 Å². The topological polar surface area (TPSA) is 132 Å². The fourth-order valence-electron chi connectivity index (χ4n) is 3.40. The third kappa shape index (κ3) is 3.60. The number of rotatable bonds is 4. The Morgan fingerprint density at radius 1 is 1.10 bits per heavy atom. The van der Waals surface area contributed by atoms with Crippen LogP contribution < -0.4 is 16.4 Å². The predicted molar refractivity (Wildman–Crippen MR) is 104 cm³/mol. The van der Waals surface area contributed by atoms with E-state index in [9.17, 15) is 19.2 Å². The van der Waals surface area contributed by atoms with Crippen LogP contribution >= 0.6 is 0 Å². The van der Waals surface area contributed by atoms with Gasteiger partial charge in [0.15, 0.2) is 0 Å². The second kappa shape index (κ2) is 7.23. The van der Waals surface area contributed by atoms with Gasteiger partial charge >= 0.3 is 0 Å². The number of carbonyl (C=O) groups excluding carboxylic acids is 4. The standard InChI is InChI=1S/C21H17N3O5/c22-19(26)11-2-1-3-13(8-11)23-20(27)12-4-6-17-15(9-12)16(10-29-17)14-5-7-18(25)24-21(14)28/h1-4,6,8-10,14H,5,7H2,(H2,22,26)(H,23,27)(H,24,25,28). The molecule has 8 nitrogen and oxygen atoms in total. The third-order valence-electron chi connectivity index (χ3n) is 4.89. The van der Waals surface area contributed by atoms with E-state index < -0.39 is 11.8 Å². The molecule has 0 radical (unpaired) electrons. The van der Waals surface area contributed by atoms with Crippen LogP contribution in [0, 0.1) is 0 Å². The van der Waals surface area contributed by atoms with Crippen molar-refractivity contribution in [3.8, 4) is 0 Å². The molecule has 2 aromatic carbocycles. The van der Waals surface area contributed by atoms with Gasteiger partial charge in [-0.25, -0.2) is 0 Å². The second-order valence-corrected chi connectivity index (χ2v) is 6.80. The molecule has 1 aromatic heterocycles. The van der Waals surface area contributed by atoms with Gasteiger partial charge in [-0.3, -0.25) is 24.5 Å². The fourth-order valence-corrected chi connectivity index (χ4v) is 3.40. The Balaban J connectivity index is 1.62. The lowest BCUT2D eigenvalue weighted by atomic mass is 9.90. The van der Waals surface area contributed by atoms with Crippen molar-refractivity contribution in [3.63, 3.8) is 0 Å². The van der Waals surface area contributed by atoms with Crippen molar-refractivity contribution < 1.29 is 23.6 Å². The third-order valence-corrected chi connectivity index (χ3v) is 4.89. The molecule has 2 heterocycles. The molecule has 3 aromatic rings. The van der Waals surface area contributed by atoms with E-state index in [-0.39, 0.29) is 29.7 Å². The Morgan fingerprint density at radius 3 is 2.69 bits per heavy atom. The molecule has 0 spiro atoms. The summed E-state index contributed by atoms with van der Waals surface area (Å²) in [6.45, 7) is 0. The molecule has 4 rings (SSSR count). The van der Waals surface area contributed by atoms with Gasteiger partial charge in [0.25, 0.3) is 5.91 Å². The minimum absolute atomic E-state index is 0.249. The highest BCUT2D eigenvalue weighted by molar-refractivity contribution is 6.08. The molecule has 0 saturated carbocycles. The average molecular weight is 391 g/mol. The lowest BCUT2D eigenvalue weighted by Crippen LogP contribution is -2.39. The molecule has 1 atom stereocenters. The largest absolute Gasteiger partial charge is 0.464 e. The molecular formula is C21H17N3O5. The number of hydrogen-bond acceptors (Lipinski definition) is 5. The first-order valence-corrected chi connectivity index (χ1v) is 8.98. The number of piperidine rings is 1. The summed E-state index contributed by atoms with van der Waals surface area (Å²) in [7, 11) is 0. The van der Waals surface area contributed by atoms with Crippen LogP contribution in [0.5, 0.6) is 0 Å². The summed E-state index contributed by atoms with van der Waals surface area (Å²) in [6.07, 6.45) is 2.12. The highest BCUT2D eigenvalue weighted by atomic mass is 16.3. The van der Waals surface area contributed by atoms with Crippen molar-refractivity contribution in [2.75, 3.05) is 5.32 Å². The fraction of sp³-hybridized carbons (Fsp3) is 0.143. The quantitative estimate of drug-likeness (QED) is 0.587. The van der Waals surface area contributed by atoms with Crippen molar-refractivity contribution in [3.05, 3.63) is 65.4 Å². The van der Waals surface area contributed by atoms with Crippen molar-refractivity contribution in [2.45, 2.75) is 18.8 Å². The van der Waals surface area contributed by atoms with Crippen molar-refractivity contribution in [2.24, 2.45) is 5.73 Å². The van der Waals surface area contributed by atoms with Crippen LogP contribution in [-0.2, 0) is 9.59 Å². The SMILES string of the molecule is NC(=O)c1cccc(NC(=O)c2ccc3occ(C4CCC(=O)NC4=O)c3c2)c1. The smallest absolute Gasteiger partial charge is 0.255 e. The summed E-state index contributed by atoms with van der Waals surface area (Å²) >= 11 is 0. The second-order valence-electron chi connectivity index (χ2n) is 6.80. The highest BCUT2D eigenvalue weighted by Gasteiger charge is 2.30. The van der Waals surface area contributed by atoms with Crippen LogP contribution in [0.2, 0.25) is 0 Å². The molecule has 146 valence electrons. The maximum Gasteiger partial charge on any atom is 0.255 e. The minimum Gasteiger partial charge on any atom is -0.464 e. The zero-order valence-corrected chi connectivity index (χ0v) is 15.2. The van der Waals surface area contributed by atoms with Crippen molar-refractivity contribution in [1.29, 1.82) is 0 Å². The van der Waals surface area contributed by atoms with E-state index >= 15 is 0 Å². The lowest BCUT2D eigenvalue weighted by Gasteiger charge is -2.19. The summed E-state index contributed by atoms with van der Waals surface area (Å²) in [5.74, 6) is -2.15. The van der Waals surface area contributed by atoms with E-state index in [2.05, 4.69) is 10.6 Å². The van der Waals surface area contributed by atoms with Gasteiger partial charge in [-0.15, -0.1) is 0 Å². The van der Waals surface area contributed by atoms with Gasteiger partial charge in [0.2, 0.25) is 17.7 Å². The van der Waals surface area contributed by atoms with Crippen molar-refractivity contribution in [1.82, 2.24) is 5.32 Å². The zero-order valence-electron chi connectivity index (χ0n) is 15.2. The predicted octanol–water partition coefficient (Wildman–Crippen LogP) is 2.30. The van der Waals surface area contributed by atoms with Gasteiger partial charge in [0.05, 0.1) is 12.2 Å². The Labute approximate surface area is 165 Å². The maximum atomic E-state index is 12.7. The van der Waals surface area contributed by atoms with Gasteiger partial charge in [-0.2, -0.15) is 0 Å². The average Bonchev–Trinajstić information content (AvgIpc) is 3.11. The summed E-state index contributed by atoms with van der Waals surface area (Å²) in [5, 5.41) is 5.69. The summed E-state index contributed by atoms with van der Waals surface area (Å²) in [5.41, 5.74) is 7.52. The van der Waals surface area contributed by atoms with Gasteiger partial charge in [0.1, 0.15) is 5.58 Å². The molecule has 0 aliphatic carbocycles. The summed E-state index contributed by atoms with van der Waals surface area (Å²) in [4.78, 5) is 47.6. The number of fused-ring (bicyclic) bond motifs is 1. The van der Waals surface area contributed by atoms with Crippen LogP contribution in [0.3, 0.4) is 0 Å². The van der Waals surface area contributed by atoms with Gasteiger partial charge in [-0.1, -0.05) is 6.07 Å². The number of nitrogens with one attached hydrogen (secondary N) is 2. The molecule has 1 unspecified atom stereocenters. The van der Waals surface area contributed by atoms with E-state index in [0.717, 1.165) is 0 Å². The molecule has 0 bridgehead atoms. The Hall–Kier alpha value is -3.94. The number of furan rings is 1. The molecular weight excluding hydrogens is 374 g/mol. The van der Waals surface area contributed by atoms with Crippen LogP contribution in [0.25, 0.3) is 11.0 Å². The van der Waals surface area contributed by atoms with E-state index in [0.29, 0.717) is 34.2 Å². The van der Waals surface area contributed by atoms with Crippen LogP contribution in [0.15, 0.2) is 53.1 Å². The number of benzene rings is 2. The Morgan fingerprint density at radius 2 is 1.93 bits per heavy atom. The van der Waals surface area contributed by atoms with Gasteiger partial charge in [0, 0.05) is 34.2 Å². The number of primary amides is 1. The van der Waals surface area contributed by atoms with Gasteiger partial charge in [-0.05, 0) is 42.8 Å². The van der Waals surface area contributed by atoms with Gasteiger partial charge < -0.3 is 15.5 Å². The normalized spacial score (nSPS) is 16.5. The molecule has 1 aliphatic heterocycles. The van der Waals surface area contributed by atoms with Crippen LogP contribution in [0.1, 0.15) is 45.0 Å². The van der Waals surface area contributed by atoms with E-state index in [1.165, 1.54) is 12.3 Å². The number of imide groups is 1. The lowest BCUT2D eigenvalue weighted by molar-refractivity contribution is -0.134. The molecule has 1 aliphatic rings.